The lowest BCUT2D eigenvalue weighted by Gasteiger charge is -2.23. The quantitative estimate of drug-likeness (QED) is 0.761. The summed E-state index contributed by atoms with van der Waals surface area (Å²) < 4.78 is 0. The lowest BCUT2D eigenvalue weighted by molar-refractivity contribution is 0.0737. The highest BCUT2D eigenvalue weighted by molar-refractivity contribution is 5.99. The molecule has 0 radical (unpaired) electrons. The van der Waals surface area contributed by atoms with E-state index < -0.39 is 0 Å². The Balaban J connectivity index is 1.54. The number of fused-ring (bicyclic) bond motifs is 2. The number of rotatable bonds is 2. The van der Waals surface area contributed by atoms with E-state index in [9.17, 15) is 4.79 Å². The van der Waals surface area contributed by atoms with Gasteiger partial charge < -0.3 is 10.2 Å². The SMILES string of the molecule is Cc1cc(-c2cccc(C(=O)N3CCC4CNCC43)c2)c2ccccc2n1. The van der Waals surface area contributed by atoms with E-state index in [0.29, 0.717) is 12.0 Å². The van der Waals surface area contributed by atoms with Crippen LogP contribution in [0.4, 0.5) is 0 Å². The molecule has 2 unspecified atom stereocenters. The first kappa shape index (κ1) is 16.5. The van der Waals surface area contributed by atoms with Crippen molar-refractivity contribution in [3.8, 4) is 11.1 Å². The number of aromatic nitrogens is 1. The van der Waals surface area contributed by atoms with Crippen LogP contribution in [0.15, 0.2) is 54.6 Å². The van der Waals surface area contributed by atoms with Gasteiger partial charge in [-0.15, -0.1) is 0 Å². The summed E-state index contributed by atoms with van der Waals surface area (Å²) in [6.45, 7) is 4.85. The van der Waals surface area contributed by atoms with Crippen LogP contribution in [-0.2, 0) is 0 Å². The first-order chi connectivity index (χ1) is 13.2. The Morgan fingerprint density at radius 1 is 1.11 bits per heavy atom. The van der Waals surface area contributed by atoms with Gasteiger partial charge in [-0.2, -0.15) is 0 Å². The molecule has 3 heterocycles. The smallest absolute Gasteiger partial charge is 0.254 e. The summed E-state index contributed by atoms with van der Waals surface area (Å²) in [5.74, 6) is 0.770. The van der Waals surface area contributed by atoms with E-state index in [1.807, 2.05) is 43.3 Å². The van der Waals surface area contributed by atoms with Gasteiger partial charge in [-0.1, -0.05) is 30.3 Å². The number of likely N-dealkylation sites (tertiary alicyclic amines) is 1. The Kier molecular flexibility index (Phi) is 3.94. The molecular formula is C23H23N3O. The molecule has 1 aromatic heterocycles. The van der Waals surface area contributed by atoms with Gasteiger partial charge in [0.2, 0.25) is 0 Å². The summed E-state index contributed by atoms with van der Waals surface area (Å²) in [5.41, 5.74) is 4.96. The molecule has 27 heavy (non-hydrogen) atoms. The normalized spacial score (nSPS) is 21.6. The zero-order valence-corrected chi connectivity index (χ0v) is 15.5. The molecule has 2 aliphatic rings. The maximum absolute atomic E-state index is 13.2. The van der Waals surface area contributed by atoms with Crippen LogP contribution in [0.2, 0.25) is 0 Å². The maximum atomic E-state index is 13.2. The van der Waals surface area contributed by atoms with Crippen molar-refractivity contribution >= 4 is 16.8 Å². The molecule has 5 rings (SSSR count). The second-order valence-electron chi connectivity index (χ2n) is 7.68. The van der Waals surface area contributed by atoms with Gasteiger partial charge in [-0.25, -0.2) is 0 Å². The predicted molar refractivity (Wildman–Crippen MR) is 108 cm³/mol. The van der Waals surface area contributed by atoms with Crippen LogP contribution in [0, 0.1) is 12.8 Å². The first-order valence-electron chi connectivity index (χ1n) is 9.69. The van der Waals surface area contributed by atoms with E-state index in [1.54, 1.807) is 0 Å². The summed E-state index contributed by atoms with van der Waals surface area (Å²) in [4.78, 5) is 19.9. The summed E-state index contributed by atoms with van der Waals surface area (Å²) in [6, 6.07) is 18.7. The van der Waals surface area contributed by atoms with Crippen molar-refractivity contribution in [2.24, 2.45) is 5.92 Å². The monoisotopic (exact) mass is 357 g/mol. The number of amides is 1. The second-order valence-corrected chi connectivity index (χ2v) is 7.68. The molecule has 0 saturated carbocycles. The van der Waals surface area contributed by atoms with Crippen molar-refractivity contribution in [2.75, 3.05) is 19.6 Å². The third-order valence-electron chi connectivity index (χ3n) is 5.97. The summed E-state index contributed by atoms with van der Waals surface area (Å²) >= 11 is 0. The van der Waals surface area contributed by atoms with Crippen molar-refractivity contribution in [3.63, 3.8) is 0 Å². The molecule has 2 aromatic carbocycles. The van der Waals surface area contributed by atoms with Gasteiger partial charge in [0.15, 0.2) is 0 Å². The van der Waals surface area contributed by atoms with Crippen LogP contribution < -0.4 is 5.32 Å². The average molecular weight is 357 g/mol. The number of para-hydroxylation sites is 1. The fourth-order valence-corrected chi connectivity index (χ4v) is 4.63. The minimum absolute atomic E-state index is 0.156. The zero-order chi connectivity index (χ0) is 18.4. The van der Waals surface area contributed by atoms with Gasteiger partial charge in [0, 0.05) is 42.3 Å². The number of pyridine rings is 1. The molecule has 2 fully saturated rings. The third kappa shape index (κ3) is 2.81. The zero-order valence-electron chi connectivity index (χ0n) is 15.5. The van der Waals surface area contributed by atoms with Crippen molar-refractivity contribution in [3.05, 3.63) is 65.9 Å². The van der Waals surface area contributed by atoms with E-state index in [4.69, 9.17) is 0 Å². The molecule has 0 bridgehead atoms. The van der Waals surface area contributed by atoms with Crippen LogP contribution in [-0.4, -0.2) is 41.5 Å². The number of nitrogens with one attached hydrogen (secondary N) is 1. The Morgan fingerprint density at radius 2 is 2.00 bits per heavy atom. The highest BCUT2D eigenvalue weighted by Gasteiger charge is 2.40. The topological polar surface area (TPSA) is 45.2 Å². The Bertz CT molecular complexity index is 1030. The third-order valence-corrected chi connectivity index (χ3v) is 5.97. The van der Waals surface area contributed by atoms with Crippen molar-refractivity contribution < 1.29 is 4.79 Å². The molecule has 2 aliphatic heterocycles. The number of carbonyl (C=O) groups excluding carboxylic acids is 1. The van der Waals surface area contributed by atoms with E-state index in [0.717, 1.165) is 59.3 Å². The molecule has 136 valence electrons. The summed E-state index contributed by atoms with van der Waals surface area (Å²) in [5, 5.41) is 4.54. The standard InChI is InChI=1S/C23H23N3O/c1-15-11-20(19-7-2-3-8-21(19)25-15)16-5-4-6-17(12-16)23(27)26-10-9-18-13-24-14-22(18)26/h2-8,11-12,18,22,24H,9-10,13-14H2,1H3. The lowest BCUT2D eigenvalue weighted by Crippen LogP contribution is -2.39. The number of hydrogen-bond acceptors (Lipinski definition) is 3. The molecule has 1 N–H and O–H groups in total. The second kappa shape index (κ2) is 6.46. The van der Waals surface area contributed by atoms with Crippen LogP contribution >= 0.6 is 0 Å². The van der Waals surface area contributed by atoms with Gasteiger partial charge in [-0.05, 0) is 54.7 Å². The largest absolute Gasteiger partial charge is 0.334 e. The number of hydrogen-bond donors (Lipinski definition) is 1. The van der Waals surface area contributed by atoms with E-state index >= 15 is 0 Å². The average Bonchev–Trinajstić information content (AvgIpc) is 3.30. The molecule has 2 atom stereocenters. The molecule has 4 nitrogen and oxygen atoms in total. The summed E-state index contributed by atoms with van der Waals surface area (Å²) in [6.07, 6.45) is 1.11. The predicted octanol–water partition coefficient (Wildman–Crippen LogP) is 3.64. The molecule has 1 amide bonds. The fraction of sp³-hybridized carbons (Fsp3) is 0.304. The molecule has 2 saturated heterocycles. The van der Waals surface area contributed by atoms with Gasteiger partial charge in [0.25, 0.3) is 5.91 Å². The Morgan fingerprint density at radius 3 is 2.93 bits per heavy atom. The Hall–Kier alpha value is -2.72. The molecular weight excluding hydrogens is 334 g/mol. The minimum Gasteiger partial charge on any atom is -0.334 e. The van der Waals surface area contributed by atoms with E-state index in [1.165, 1.54) is 0 Å². The maximum Gasteiger partial charge on any atom is 0.254 e. The molecule has 4 heteroatoms. The lowest BCUT2D eigenvalue weighted by atomic mass is 9.98. The van der Waals surface area contributed by atoms with Crippen LogP contribution in [0.5, 0.6) is 0 Å². The van der Waals surface area contributed by atoms with Gasteiger partial charge in [0.05, 0.1) is 5.52 Å². The highest BCUT2D eigenvalue weighted by Crippen LogP contribution is 2.31. The highest BCUT2D eigenvalue weighted by atomic mass is 16.2. The number of carbonyl (C=O) groups is 1. The fourth-order valence-electron chi connectivity index (χ4n) is 4.63. The van der Waals surface area contributed by atoms with Crippen LogP contribution in [0.3, 0.4) is 0 Å². The van der Waals surface area contributed by atoms with Gasteiger partial charge in [0.1, 0.15) is 0 Å². The van der Waals surface area contributed by atoms with Crippen molar-refractivity contribution in [1.82, 2.24) is 15.2 Å². The van der Waals surface area contributed by atoms with Gasteiger partial charge in [-0.3, -0.25) is 9.78 Å². The van der Waals surface area contributed by atoms with Gasteiger partial charge >= 0.3 is 0 Å². The van der Waals surface area contributed by atoms with Crippen LogP contribution in [0.25, 0.3) is 22.0 Å². The number of nitrogens with zero attached hydrogens (tertiary/aromatic N) is 2. The summed E-state index contributed by atoms with van der Waals surface area (Å²) in [7, 11) is 0. The molecule has 3 aromatic rings. The number of benzene rings is 2. The molecule has 0 aliphatic carbocycles. The molecule has 0 spiro atoms. The Labute approximate surface area is 159 Å². The minimum atomic E-state index is 0.156. The number of aryl methyl sites for hydroxylation is 1. The first-order valence-corrected chi connectivity index (χ1v) is 9.69. The van der Waals surface area contributed by atoms with Crippen LogP contribution in [0.1, 0.15) is 22.5 Å². The van der Waals surface area contributed by atoms with Crippen molar-refractivity contribution in [2.45, 2.75) is 19.4 Å². The van der Waals surface area contributed by atoms with E-state index in [2.05, 4.69) is 33.4 Å². The van der Waals surface area contributed by atoms with Crippen molar-refractivity contribution in [1.29, 1.82) is 0 Å². The van der Waals surface area contributed by atoms with E-state index in [-0.39, 0.29) is 5.91 Å².